The molecule has 0 aliphatic carbocycles. The second-order valence-electron chi connectivity index (χ2n) is 4.41. The molecule has 2 heterocycles. The molecular weight excluding hydrogens is 248 g/mol. The molecule has 0 aliphatic heterocycles. The van der Waals surface area contributed by atoms with Crippen LogP contribution in [-0.4, -0.2) is 28.3 Å². The van der Waals surface area contributed by atoms with Gasteiger partial charge < -0.3 is 20.0 Å². The maximum absolute atomic E-state index is 11.2. The first-order chi connectivity index (χ1) is 9.03. The van der Waals surface area contributed by atoms with Gasteiger partial charge in [-0.05, 0) is 19.9 Å². The number of ether oxygens (including phenoxy) is 1. The molecule has 7 heteroatoms. The number of aromatic amines is 1. The predicted molar refractivity (Wildman–Crippen MR) is 68.4 cm³/mol. The van der Waals surface area contributed by atoms with Gasteiger partial charge in [0.25, 0.3) is 5.89 Å². The highest BCUT2D eigenvalue weighted by atomic mass is 16.5. The summed E-state index contributed by atoms with van der Waals surface area (Å²) in [7, 11) is 0. The Labute approximate surface area is 109 Å². The molecular formula is C12H16N4O3. The van der Waals surface area contributed by atoms with E-state index in [1.54, 1.807) is 19.1 Å². The summed E-state index contributed by atoms with van der Waals surface area (Å²) in [6, 6.07) is 4.69. The van der Waals surface area contributed by atoms with Gasteiger partial charge in [0, 0.05) is 12.7 Å². The molecule has 1 unspecified atom stereocenters. The number of aromatic nitrogens is 3. The van der Waals surface area contributed by atoms with Gasteiger partial charge >= 0.3 is 0 Å². The Bertz CT molecular complexity index is 603. The first kappa shape index (κ1) is 13.4. The van der Waals surface area contributed by atoms with E-state index in [1.165, 1.54) is 6.07 Å². The first-order valence-electron chi connectivity index (χ1n) is 5.93. The van der Waals surface area contributed by atoms with E-state index in [0.717, 1.165) is 0 Å². The fourth-order valence-corrected chi connectivity index (χ4v) is 1.52. The molecule has 2 aromatic heterocycles. The largest absolute Gasteiger partial charge is 0.379 e. The summed E-state index contributed by atoms with van der Waals surface area (Å²) in [5, 5.41) is 3.83. The number of nitrogens with one attached hydrogen (secondary N) is 1. The SMILES string of the molecule is CCOCC(C)(N)c1noc(-c2cccc(=O)[nH]2)n1. The molecule has 0 fully saturated rings. The van der Waals surface area contributed by atoms with Crippen LogP contribution in [0.3, 0.4) is 0 Å². The molecule has 0 bridgehead atoms. The minimum Gasteiger partial charge on any atom is -0.379 e. The third kappa shape index (κ3) is 3.07. The second kappa shape index (κ2) is 5.33. The molecule has 0 saturated carbocycles. The van der Waals surface area contributed by atoms with Crippen LogP contribution in [0.2, 0.25) is 0 Å². The standard InChI is InChI=1S/C12H16N4O3/c1-3-18-7-12(2,13)11-15-10(19-16-11)8-5-4-6-9(17)14-8/h4-6H,3,7,13H2,1-2H3,(H,14,17). The Morgan fingerprint density at radius 1 is 1.53 bits per heavy atom. The highest BCUT2D eigenvalue weighted by molar-refractivity contribution is 5.45. The van der Waals surface area contributed by atoms with Crippen LogP contribution in [0.1, 0.15) is 19.7 Å². The van der Waals surface area contributed by atoms with Gasteiger partial charge in [0.2, 0.25) is 5.56 Å². The van der Waals surface area contributed by atoms with Crippen LogP contribution >= 0.6 is 0 Å². The minimum atomic E-state index is -0.840. The van der Waals surface area contributed by atoms with E-state index in [1.807, 2.05) is 6.92 Å². The molecule has 2 rings (SSSR count). The van der Waals surface area contributed by atoms with E-state index >= 15 is 0 Å². The summed E-state index contributed by atoms with van der Waals surface area (Å²) in [5.74, 6) is 0.557. The van der Waals surface area contributed by atoms with E-state index in [4.69, 9.17) is 15.0 Å². The van der Waals surface area contributed by atoms with Gasteiger partial charge in [0.1, 0.15) is 11.2 Å². The van der Waals surface area contributed by atoms with Crippen molar-refractivity contribution in [1.29, 1.82) is 0 Å². The summed E-state index contributed by atoms with van der Waals surface area (Å²) in [5.41, 5.74) is 5.45. The number of pyridine rings is 1. The zero-order valence-electron chi connectivity index (χ0n) is 10.8. The Kier molecular flexibility index (Phi) is 3.77. The van der Waals surface area contributed by atoms with Crippen LogP contribution in [0.4, 0.5) is 0 Å². The van der Waals surface area contributed by atoms with Crippen LogP contribution in [-0.2, 0) is 10.3 Å². The van der Waals surface area contributed by atoms with Gasteiger partial charge in [-0.2, -0.15) is 4.98 Å². The fraction of sp³-hybridized carbons (Fsp3) is 0.417. The van der Waals surface area contributed by atoms with E-state index in [9.17, 15) is 4.79 Å². The molecule has 0 saturated heterocycles. The quantitative estimate of drug-likeness (QED) is 0.820. The van der Waals surface area contributed by atoms with Crippen molar-refractivity contribution in [3.63, 3.8) is 0 Å². The topological polar surface area (TPSA) is 107 Å². The van der Waals surface area contributed by atoms with Crippen molar-refractivity contribution in [1.82, 2.24) is 15.1 Å². The van der Waals surface area contributed by atoms with Crippen molar-refractivity contribution < 1.29 is 9.26 Å². The monoisotopic (exact) mass is 264 g/mol. The third-order valence-corrected chi connectivity index (χ3v) is 2.54. The summed E-state index contributed by atoms with van der Waals surface area (Å²) < 4.78 is 10.4. The Balaban J connectivity index is 2.26. The molecule has 3 N–H and O–H groups in total. The maximum atomic E-state index is 11.2. The molecule has 1 atom stereocenters. The molecule has 102 valence electrons. The average Bonchev–Trinajstić information content (AvgIpc) is 2.87. The number of H-pyrrole nitrogens is 1. The third-order valence-electron chi connectivity index (χ3n) is 2.54. The lowest BCUT2D eigenvalue weighted by Gasteiger charge is -2.19. The zero-order valence-corrected chi connectivity index (χ0v) is 10.8. The number of hydrogen-bond donors (Lipinski definition) is 2. The second-order valence-corrected chi connectivity index (χ2v) is 4.41. The highest BCUT2D eigenvalue weighted by Crippen LogP contribution is 2.19. The van der Waals surface area contributed by atoms with Crippen molar-refractivity contribution in [3.05, 3.63) is 34.4 Å². The Hall–Kier alpha value is -1.99. The van der Waals surface area contributed by atoms with Crippen LogP contribution in [0.5, 0.6) is 0 Å². The van der Waals surface area contributed by atoms with Crippen LogP contribution < -0.4 is 11.3 Å². The lowest BCUT2D eigenvalue weighted by atomic mass is 10.1. The smallest absolute Gasteiger partial charge is 0.274 e. The van der Waals surface area contributed by atoms with Crippen molar-refractivity contribution in [2.75, 3.05) is 13.2 Å². The maximum Gasteiger partial charge on any atom is 0.274 e. The number of nitrogens with zero attached hydrogens (tertiary/aromatic N) is 2. The van der Waals surface area contributed by atoms with Gasteiger partial charge in [0.05, 0.1) is 6.61 Å². The van der Waals surface area contributed by atoms with Crippen LogP contribution in [0.15, 0.2) is 27.5 Å². The van der Waals surface area contributed by atoms with Gasteiger partial charge in [-0.25, -0.2) is 0 Å². The van der Waals surface area contributed by atoms with E-state index in [2.05, 4.69) is 15.1 Å². The zero-order chi connectivity index (χ0) is 13.9. The van der Waals surface area contributed by atoms with Crippen LogP contribution in [0.25, 0.3) is 11.6 Å². The molecule has 7 nitrogen and oxygen atoms in total. The molecule has 0 aromatic carbocycles. The van der Waals surface area contributed by atoms with Gasteiger partial charge in [-0.1, -0.05) is 11.2 Å². The first-order valence-corrected chi connectivity index (χ1v) is 5.93. The Morgan fingerprint density at radius 2 is 2.32 bits per heavy atom. The summed E-state index contributed by atoms with van der Waals surface area (Å²) in [6.45, 7) is 4.48. The van der Waals surface area contributed by atoms with Crippen molar-refractivity contribution >= 4 is 0 Å². The van der Waals surface area contributed by atoms with Crippen LogP contribution in [0, 0.1) is 0 Å². The number of rotatable bonds is 5. The molecule has 0 spiro atoms. The average molecular weight is 264 g/mol. The molecule has 19 heavy (non-hydrogen) atoms. The van der Waals surface area contributed by atoms with Gasteiger partial charge in [0.15, 0.2) is 5.82 Å². The molecule has 2 aromatic rings. The summed E-state index contributed by atoms with van der Waals surface area (Å²) in [4.78, 5) is 18.0. The highest BCUT2D eigenvalue weighted by Gasteiger charge is 2.28. The molecule has 0 radical (unpaired) electrons. The summed E-state index contributed by atoms with van der Waals surface area (Å²) in [6.07, 6.45) is 0. The lowest BCUT2D eigenvalue weighted by molar-refractivity contribution is 0.0962. The predicted octanol–water partition coefficient (Wildman–Crippen LogP) is 0.635. The molecule has 0 aliphatic rings. The van der Waals surface area contributed by atoms with Crippen molar-refractivity contribution in [2.24, 2.45) is 5.73 Å². The minimum absolute atomic E-state index is 0.223. The number of nitrogens with two attached hydrogens (primary N) is 1. The number of hydrogen-bond acceptors (Lipinski definition) is 6. The molecule has 0 amide bonds. The normalized spacial score (nSPS) is 14.3. The summed E-state index contributed by atoms with van der Waals surface area (Å²) >= 11 is 0. The Morgan fingerprint density at radius 3 is 3.00 bits per heavy atom. The van der Waals surface area contributed by atoms with Crippen molar-refractivity contribution in [3.8, 4) is 11.6 Å². The van der Waals surface area contributed by atoms with Gasteiger partial charge in [-0.15, -0.1) is 0 Å². The fourth-order valence-electron chi connectivity index (χ4n) is 1.52. The lowest BCUT2D eigenvalue weighted by Crippen LogP contribution is -2.39. The van der Waals surface area contributed by atoms with Gasteiger partial charge in [-0.3, -0.25) is 4.79 Å². The van der Waals surface area contributed by atoms with E-state index in [-0.39, 0.29) is 18.1 Å². The van der Waals surface area contributed by atoms with E-state index in [0.29, 0.717) is 18.1 Å². The van der Waals surface area contributed by atoms with E-state index < -0.39 is 5.54 Å². The van der Waals surface area contributed by atoms with Crippen molar-refractivity contribution in [2.45, 2.75) is 19.4 Å².